The van der Waals surface area contributed by atoms with E-state index in [2.05, 4.69) is 227 Å². The lowest BCUT2D eigenvalue weighted by atomic mass is 9.91. The van der Waals surface area contributed by atoms with Crippen LogP contribution >= 0.6 is 0 Å². The molecular weight excluding hydrogens is 827 g/mol. The molecule has 0 saturated heterocycles. The molecule has 1 aliphatic carbocycles. The van der Waals surface area contributed by atoms with Gasteiger partial charge < -0.3 is 13.7 Å². The predicted molar refractivity (Wildman–Crippen MR) is 280 cm³/mol. The van der Waals surface area contributed by atoms with Crippen molar-refractivity contribution >= 4 is 60.6 Å². The maximum absolute atomic E-state index is 12.2. The van der Waals surface area contributed by atoms with E-state index in [9.17, 15) is 10.5 Å². The second-order valence-electron chi connectivity index (χ2n) is 17.8. The Bertz CT molecular complexity index is 4000. The van der Waals surface area contributed by atoms with Gasteiger partial charge in [-0.3, -0.25) is 0 Å². The summed E-state index contributed by atoms with van der Waals surface area (Å²) in [4.78, 5) is 0. The monoisotopic (exact) mass is 867 g/mol. The number of hydrogen-bond donors (Lipinski definition) is 0. The second kappa shape index (κ2) is 15.5. The molecule has 12 aromatic rings. The van der Waals surface area contributed by atoms with Gasteiger partial charge in [0.25, 0.3) is 0 Å². The lowest BCUT2D eigenvalue weighted by Crippen LogP contribution is -2.15. The molecule has 0 atom stereocenters. The van der Waals surface area contributed by atoms with E-state index in [0.717, 1.165) is 129 Å². The maximum atomic E-state index is 12.2. The molecule has 0 radical (unpaired) electrons. The first-order valence-electron chi connectivity index (χ1n) is 23.2. The van der Waals surface area contributed by atoms with Crippen molar-refractivity contribution in [3.8, 4) is 62.6 Å². The highest BCUT2D eigenvalue weighted by molar-refractivity contribution is 6.14. The zero-order chi connectivity index (χ0) is 45.5. The maximum Gasteiger partial charge on any atom is 0.104 e. The van der Waals surface area contributed by atoms with E-state index >= 15 is 0 Å². The van der Waals surface area contributed by atoms with Gasteiger partial charge in [-0.05, 0) is 90.0 Å². The van der Waals surface area contributed by atoms with Crippen LogP contribution in [0.3, 0.4) is 0 Å². The summed E-state index contributed by atoms with van der Waals surface area (Å²) >= 11 is 0. The molecule has 0 spiro atoms. The van der Waals surface area contributed by atoms with Gasteiger partial charge in [-0.15, -0.1) is 0 Å². The number of nitriles is 2. The molecule has 1 aliphatic rings. The second-order valence-corrected chi connectivity index (χ2v) is 17.8. The highest BCUT2D eigenvalue weighted by atomic mass is 15.1. The Labute approximate surface area is 393 Å². The molecule has 0 N–H and O–H groups in total. The van der Waals surface area contributed by atoms with Crippen LogP contribution in [0.25, 0.3) is 111 Å². The van der Waals surface area contributed by atoms with Gasteiger partial charge in [-0.1, -0.05) is 169 Å². The summed E-state index contributed by atoms with van der Waals surface area (Å²) < 4.78 is 6.86. The van der Waals surface area contributed by atoms with Gasteiger partial charge in [0.05, 0.1) is 44.6 Å². The molecule has 0 saturated carbocycles. The summed E-state index contributed by atoms with van der Waals surface area (Å²) in [6.07, 6.45) is 6.16. The smallest absolute Gasteiger partial charge is 0.104 e. The molecule has 0 amide bonds. The number of fused-ring (bicyclic) bond motifs is 9. The van der Waals surface area contributed by atoms with Crippen LogP contribution in [0.5, 0.6) is 0 Å². The van der Waals surface area contributed by atoms with E-state index in [4.69, 9.17) is 0 Å². The summed E-state index contributed by atoms with van der Waals surface area (Å²) in [7, 11) is 0. The Hall–Kier alpha value is -9.16. The zero-order valence-corrected chi connectivity index (χ0v) is 37.3. The summed E-state index contributed by atoms with van der Waals surface area (Å²) in [6.45, 7) is 2.10. The van der Waals surface area contributed by atoms with E-state index in [1.165, 1.54) is 0 Å². The van der Waals surface area contributed by atoms with E-state index in [1.54, 1.807) is 0 Å². The van der Waals surface area contributed by atoms with E-state index in [-0.39, 0.29) is 0 Å². The SMILES string of the molecule is Cc1ccc(-c2c(-n3c4c(c5ccccc53)C=CCC4)c(C#N)c(-n3c4ccc(-c5ccccc5)cc4c4cc(-c5ccccc5)ccc43)c(C#N)c2-n2c3ccccc3c3ccccc32)cc1. The minimum absolute atomic E-state index is 0.413. The third-order valence-corrected chi connectivity index (χ3v) is 14.1. The molecule has 68 heavy (non-hydrogen) atoms. The molecule has 318 valence electrons. The first-order valence-corrected chi connectivity index (χ1v) is 23.2. The number of hydrogen-bond acceptors (Lipinski definition) is 2. The van der Waals surface area contributed by atoms with Crippen molar-refractivity contribution in [3.63, 3.8) is 0 Å². The molecule has 5 nitrogen and oxygen atoms in total. The van der Waals surface area contributed by atoms with E-state index in [0.29, 0.717) is 16.8 Å². The van der Waals surface area contributed by atoms with Crippen LogP contribution in [0.4, 0.5) is 0 Å². The highest BCUT2D eigenvalue weighted by Gasteiger charge is 2.34. The number of aromatic nitrogens is 3. The highest BCUT2D eigenvalue weighted by Crippen LogP contribution is 2.49. The fourth-order valence-corrected chi connectivity index (χ4v) is 11.1. The number of rotatable bonds is 6. The molecule has 0 bridgehead atoms. The Morgan fingerprint density at radius 2 is 0.838 bits per heavy atom. The largest absolute Gasteiger partial charge is 0.311 e. The van der Waals surface area contributed by atoms with Crippen LogP contribution in [0.1, 0.15) is 34.4 Å². The molecule has 0 fully saturated rings. The average Bonchev–Trinajstić information content (AvgIpc) is 4.03. The average molecular weight is 868 g/mol. The van der Waals surface area contributed by atoms with Crippen molar-refractivity contribution < 1.29 is 0 Å². The third-order valence-electron chi connectivity index (χ3n) is 14.1. The Balaban J connectivity index is 1.28. The van der Waals surface area contributed by atoms with Crippen molar-refractivity contribution in [2.24, 2.45) is 0 Å². The fraction of sp³-hybridized carbons (Fsp3) is 0.0476. The summed E-state index contributed by atoms with van der Waals surface area (Å²) in [5.41, 5.74) is 17.2. The molecule has 0 unspecified atom stereocenters. The van der Waals surface area contributed by atoms with Crippen LogP contribution in [-0.4, -0.2) is 13.7 Å². The lowest BCUT2D eigenvalue weighted by molar-refractivity contribution is 0.885. The Kier molecular flexibility index (Phi) is 8.93. The lowest BCUT2D eigenvalue weighted by Gasteiger charge is -2.27. The molecule has 9 aromatic carbocycles. The summed E-state index contributed by atoms with van der Waals surface area (Å²) in [5.74, 6) is 0. The minimum Gasteiger partial charge on any atom is -0.311 e. The predicted octanol–water partition coefficient (Wildman–Crippen LogP) is 15.8. The summed E-state index contributed by atoms with van der Waals surface area (Å²) in [6, 6.07) is 73.9. The van der Waals surface area contributed by atoms with Crippen LogP contribution in [0.15, 0.2) is 200 Å². The summed E-state index contributed by atoms with van der Waals surface area (Å²) in [5, 5.41) is 29.7. The van der Waals surface area contributed by atoms with E-state index < -0.39 is 0 Å². The van der Waals surface area contributed by atoms with Gasteiger partial charge in [0.15, 0.2) is 0 Å². The van der Waals surface area contributed by atoms with Gasteiger partial charge in [-0.25, -0.2) is 0 Å². The van der Waals surface area contributed by atoms with Gasteiger partial charge in [0.1, 0.15) is 23.3 Å². The van der Waals surface area contributed by atoms with Crippen LogP contribution in [0.2, 0.25) is 0 Å². The first kappa shape index (κ1) is 39.2. The number of para-hydroxylation sites is 3. The molecule has 13 rings (SSSR count). The van der Waals surface area contributed by atoms with Gasteiger partial charge in [0, 0.05) is 43.8 Å². The van der Waals surface area contributed by atoms with Crippen molar-refractivity contribution in [1.82, 2.24) is 13.7 Å². The van der Waals surface area contributed by atoms with Crippen LogP contribution in [-0.2, 0) is 6.42 Å². The molecule has 3 heterocycles. The van der Waals surface area contributed by atoms with Crippen molar-refractivity contribution in [2.75, 3.05) is 0 Å². The minimum atomic E-state index is 0.413. The fourth-order valence-electron chi connectivity index (χ4n) is 11.1. The van der Waals surface area contributed by atoms with Crippen molar-refractivity contribution in [2.45, 2.75) is 19.8 Å². The van der Waals surface area contributed by atoms with E-state index in [1.807, 2.05) is 12.1 Å². The quantitative estimate of drug-likeness (QED) is 0.167. The molecular formula is C63H41N5. The van der Waals surface area contributed by atoms with Crippen molar-refractivity contribution in [3.05, 3.63) is 228 Å². The number of allylic oxidation sites excluding steroid dienone is 1. The van der Waals surface area contributed by atoms with Crippen molar-refractivity contribution in [1.29, 1.82) is 10.5 Å². The zero-order valence-electron chi connectivity index (χ0n) is 37.3. The first-order chi connectivity index (χ1) is 33.6. The van der Waals surface area contributed by atoms with Crippen LogP contribution in [0, 0.1) is 29.6 Å². The topological polar surface area (TPSA) is 62.4 Å². The number of aryl methyl sites for hydroxylation is 1. The molecule has 0 aliphatic heterocycles. The van der Waals surface area contributed by atoms with Gasteiger partial charge in [0.2, 0.25) is 0 Å². The molecule has 3 aromatic heterocycles. The standard InChI is InChI=1S/C63H41N5/c1-40-28-30-43(31-29-40)60-62(67-54-24-12-8-20-46(54)47-21-9-13-25-55(47)67)52(38-64)61(53(39-65)63(60)68-56-26-14-10-22-48(56)49-23-11-15-27-57(49)68)66-58-34-32-44(41-16-4-2-5-17-41)36-50(58)51-37-45(33-35-59(51)66)42-18-6-3-7-19-42/h2-14,16-26,28-37H,15,27H2,1H3. The van der Waals surface area contributed by atoms with Gasteiger partial charge in [-0.2, -0.15) is 10.5 Å². The Morgan fingerprint density at radius 1 is 0.397 bits per heavy atom. The molecule has 5 heteroatoms. The Morgan fingerprint density at radius 3 is 1.38 bits per heavy atom. The number of benzene rings is 9. The van der Waals surface area contributed by atoms with Gasteiger partial charge >= 0.3 is 0 Å². The normalized spacial score (nSPS) is 12.3. The van der Waals surface area contributed by atoms with Crippen LogP contribution < -0.4 is 0 Å². The number of nitrogens with zero attached hydrogens (tertiary/aromatic N) is 5. The third kappa shape index (κ3) is 5.80.